The molecule has 4 heteroatoms. The Morgan fingerprint density at radius 2 is 1.89 bits per heavy atom. The molecule has 0 saturated heterocycles. The van der Waals surface area contributed by atoms with Gasteiger partial charge in [0.1, 0.15) is 0 Å². The summed E-state index contributed by atoms with van der Waals surface area (Å²) < 4.78 is 5.03. The molecule has 0 atom stereocenters. The lowest BCUT2D eigenvalue weighted by Gasteiger charge is -2.06. The summed E-state index contributed by atoms with van der Waals surface area (Å²) in [7, 11) is 1.53. The first-order valence-corrected chi connectivity index (χ1v) is 5.58. The third kappa shape index (κ3) is 1.68. The molecule has 90 valence electrons. The number of benzene rings is 2. The molecule has 0 spiro atoms. The van der Waals surface area contributed by atoms with Crippen molar-refractivity contribution >= 4 is 11.0 Å². The number of fused-ring (bicyclic) bond motifs is 1. The molecule has 0 aliphatic heterocycles. The number of methoxy groups -OCH3 is 1. The van der Waals surface area contributed by atoms with Gasteiger partial charge in [0, 0.05) is 0 Å². The second-order valence-corrected chi connectivity index (χ2v) is 4.02. The third-order valence-corrected chi connectivity index (χ3v) is 2.93. The Labute approximate surface area is 104 Å². The molecule has 0 aliphatic rings. The maximum Gasteiger partial charge on any atom is 0.160 e. The van der Waals surface area contributed by atoms with Crippen LogP contribution in [0.25, 0.3) is 22.2 Å². The van der Waals surface area contributed by atoms with Crippen LogP contribution >= 0.6 is 0 Å². The molecule has 4 nitrogen and oxygen atoms in total. The Hall–Kier alpha value is -2.49. The lowest BCUT2D eigenvalue weighted by molar-refractivity contribution is 0.373. The molecule has 1 heterocycles. The molecule has 0 unspecified atom stereocenters. The van der Waals surface area contributed by atoms with Gasteiger partial charge in [-0.2, -0.15) is 0 Å². The van der Waals surface area contributed by atoms with E-state index in [1.54, 1.807) is 18.5 Å². The van der Waals surface area contributed by atoms with Crippen molar-refractivity contribution in [2.75, 3.05) is 7.11 Å². The van der Waals surface area contributed by atoms with Crippen LogP contribution in [0.4, 0.5) is 0 Å². The van der Waals surface area contributed by atoms with E-state index in [0.717, 1.165) is 22.2 Å². The highest BCUT2D eigenvalue weighted by atomic mass is 16.5. The summed E-state index contributed by atoms with van der Waals surface area (Å²) in [6, 6.07) is 11.3. The standard InChI is InChI=1S/C14H12N2O2/c1-18-14-5-3-10(7-13(14)17)9-2-4-11-12(6-9)16-8-15-11/h2-8,17H,1H3,(H,15,16). The van der Waals surface area contributed by atoms with Crippen LogP contribution in [0.2, 0.25) is 0 Å². The predicted octanol–water partition coefficient (Wildman–Crippen LogP) is 2.94. The first-order chi connectivity index (χ1) is 8.78. The van der Waals surface area contributed by atoms with Crippen molar-refractivity contribution < 1.29 is 9.84 Å². The fourth-order valence-corrected chi connectivity index (χ4v) is 1.98. The molecular formula is C14H12N2O2. The fraction of sp³-hybridized carbons (Fsp3) is 0.0714. The molecular weight excluding hydrogens is 228 g/mol. The summed E-state index contributed by atoms with van der Waals surface area (Å²) in [5.74, 6) is 0.612. The smallest absolute Gasteiger partial charge is 0.160 e. The molecule has 18 heavy (non-hydrogen) atoms. The van der Waals surface area contributed by atoms with E-state index in [0.29, 0.717) is 5.75 Å². The van der Waals surface area contributed by atoms with Gasteiger partial charge in [0.25, 0.3) is 0 Å². The van der Waals surface area contributed by atoms with E-state index in [-0.39, 0.29) is 5.75 Å². The van der Waals surface area contributed by atoms with Crippen molar-refractivity contribution in [3.05, 3.63) is 42.7 Å². The van der Waals surface area contributed by atoms with Crippen molar-refractivity contribution in [1.29, 1.82) is 0 Å². The van der Waals surface area contributed by atoms with Gasteiger partial charge >= 0.3 is 0 Å². The lowest BCUT2D eigenvalue weighted by Crippen LogP contribution is -1.84. The van der Waals surface area contributed by atoms with Crippen molar-refractivity contribution in [3.63, 3.8) is 0 Å². The van der Waals surface area contributed by atoms with E-state index in [9.17, 15) is 5.11 Å². The van der Waals surface area contributed by atoms with Gasteiger partial charge in [-0.15, -0.1) is 0 Å². The van der Waals surface area contributed by atoms with E-state index in [1.807, 2.05) is 24.3 Å². The molecule has 2 N–H and O–H groups in total. The van der Waals surface area contributed by atoms with Crippen LogP contribution in [0.15, 0.2) is 42.7 Å². The fourth-order valence-electron chi connectivity index (χ4n) is 1.98. The van der Waals surface area contributed by atoms with E-state index >= 15 is 0 Å². The number of nitrogens with zero attached hydrogens (tertiary/aromatic N) is 1. The van der Waals surface area contributed by atoms with Crippen LogP contribution < -0.4 is 4.74 Å². The normalized spacial score (nSPS) is 10.7. The molecule has 0 aliphatic carbocycles. The summed E-state index contributed by atoms with van der Waals surface area (Å²) >= 11 is 0. The number of phenolic OH excluding ortho intramolecular Hbond substituents is 1. The number of hydrogen-bond acceptors (Lipinski definition) is 3. The summed E-state index contributed by atoms with van der Waals surface area (Å²) in [6.45, 7) is 0. The van der Waals surface area contributed by atoms with E-state index in [4.69, 9.17) is 4.74 Å². The zero-order chi connectivity index (χ0) is 12.5. The molecule has 0 fully saturated rings. The maximum atomic E-state index is 9.78. The Morgan fingerprint density at radius 1 is 1.11 bits per heavy atom. The third-order valence-electron chi connectivity index (χ3n) is 2.93. The van der Waals surface area contributed by atoms with Gasteiger partial charge in [-0.1, -0.05) is 12.1 Å². The van der Waals surface area contributed by atoms with Crippen molar-refractivity contribution in [2.45, 2.75) is 0 Å². The van der Waals surface area contributed by atoms with Crippen LogP contribution in [-0.4, -0.2) is 22.2 Å². The van der Waals surface area contributed by atoms with Gasteiger partial charge in [-0.3, -0.25) is 0 Å². The Morgan fingerprint density at radius 3 is 2.67 bits per heavy atom. The second-order valence-electron chi connectivity index (χ2n) is 4.02. The van der Waals surface area contributed by atoms with Gasteiger partial charge < -0.3 is 14.8 Å². The molecule has 1 aromatic heterocycles. The van der Waals surface area contributed by atoms with Crippen LogP contribution in [-0.2, 0) is 0 Å². The minimum Gasteiger partial charge on any atom is -0.504 e. The number of hydrogen-bond donors (Lipinski definition) is 2. The van der Waals surface area contributed by atoms with Crippen molar-refractivity contribution in [1.82, 2.24) is 9.97 Å². The number of nitrogens with one attached hydrogen (secondary N) is 1. The van der Waals surface area contributed by atoms with Gasteiger partial charge in [0.15, 0.2) is 11.5 Å². The minimum absolute atomic E-state index is 0.139. The molecule has 0 radical (unpaired) electrons. The highest BCUT2D eigenvalue weighted by Crippen LogP contribution is 2.32. The molecule has 0 saturated carbocycles. The number of ether oxygens (including phenoxy) is 1. The average Bonchev–Trinajstić information content (AvgIpc) is 2.85. The Bertz CT molecular complexity index is 704. The number of aromatic hydroxyl groups is 1. The monoisotopic (exact) mass is 240 g/mol. The molecule has 2 aromatic carbocycles. The van der Waals surface area contributed by atoms with E-state index < -0.39 is 0 Å². The van der Waals surface area contributed by atoms with Gasteiger partial charge in [-0.05, 0) is 35.4 Å². The summed E-state index contributed by atoms with van der Waals surface area (Å²) in [4.78, 5) is 7.24. The number of aromatic amines is 1. The molecule has 3 aromatic rings. The summed E-state index contributed by atoms with van der Waals surface area (Å²) in [5.41, 5.74) is 3.86. The van der Waals surface area contributed by atoms with Crippen LogP contribution in [0.1, 0.15) is 0 Å². The second kappa shape index (κ2) is 4.07. The summed E-state index contributed by atoms with van der Waals surface area (Å²) in [5, 5.41) is 9.78. The average molecular weight is 240 g/mol. The van der Waals surface area contributed by atoms with Crippen molar-refractivity contribution in [2.24, 2.45) is 0 Å². The van der Waals surface area contributed by atoms with Gasteiger partial charge in [-0.25, -0.2) is 4.98 Å². The van der Waals surface area contributed by atoms with Crippen LogP contribution in [0.5, 0.6) is 11.5 Å². The molecule has 0 bridgehead atoms. The number of aromatic nitrogens is 2. The number of imidazole rings is 1. The number of rotatable bonds is 2. The molecule has 0 amide bonds. The highest BCUT2D eigenvalue weighted by Gasteiger charge is 2.05. The Balaban J connectivity index is 2.10. The van der Waals surface area contributed by atoms with E-state index in [2.05, 4.69) is 9.97 Å². The number of phenols is 1. The van der Waals surface area contributed by atoms with E-state index in [1.165, 1.54) is 7.11 Å². The first kappa shape index (κ1) is 10.7. The quantitative estimate of drug-likeness (QED) is 0.724. The number of H-pyrrole nitrogens is 1. The first-order valence-electron chi connectivity index (χ1n) is 5.58. The maximum absolute atomic E-state index is 9.78. The zero-order valence-electron chi connectivity index (χ0n) is 9.84. The van der Waals surface area contributed by atoms with Crippen LogP contribution in [0.3, 0.4) is 0 Å². The largest absolute Gasteiger partial charge is 0.504 e. The predicted molar refractivity (Wildman–Crippen MR) is 69.7 cm³/mol. The summed E-state index contributed by atoms with van der Waals surface area (Å²) in [6.07, 6.45) is 1.67. The lowest BCUT2D eigenvalue weighted by atomic mass is 10.0. The van der Waals surface area contributed by atoms with Gasteiger partial charge in [0.2, 0.25) is 0 Å². The minimum atomic E-state index is 0.139. The topological polar surface area (TPSA) is 58.1 Å². The van der Waals surface area contributed by atoms with Gasteiger partial charge in [0.05, 0.1) is 24.5 Å². The van der Waals surface area contributed by atoms with Crippen LogP contribution in [0, 0.1) is 0 Å². The molecule has 3 rings (SSSR count). The Kier molecular flexibility index (Phi) is 2.41. The zero-order valence-corrected chi connectivity index (χ0v) is 9.84. The SMILES string of the molecule is COc1ccc(-c2ccc3nc[nH]c3c2)cc1O. The van der Waals surface area contributed by atoms with Crippen molar-refractivity contribution in [3.8, 4) is 22.6 Å². The highest BCUT2D eigenvalue weighted by molar-refractivity contribution is 5.82.